The first-order valence-electron chi connectivity index (χ1n) is 4.28. The second-order valence-corrected chi connectivity index (χ2v) is 3.58. The van der Waals surface area contributed by atoms with Crippen molar-refractivity contribution >= 4 is 22.6 Å². The summed E-state index contributed by atoms with van der Waals surface area (Å²) in [7, 11) is 0. The maximum absolute atomic E-state index is 3.67. The summed E-state index contributed by atoms with van der Waals surface area (Å²) in [4.78, 5) is 0. The normalized spacial score (nSPS) is 8.93. The molecule has 5 heteroatoms. The average molecular weight is 267 g/mol. The molecule has 0 unspecified atom stereocenters. The molecule has 0 aliphatic rings. The van der Waals surface area contributed by atoms with Crippen LogP contribution in [-0.4, -0.2) is 21.6 Å². The second kappa shape index (κ2) is 6.08. The molecular weight excluding hydrogens is 256 g/mol. The molecule has 0 spiro atoms. The van der Waals surface area contributed by atoms with E-state index in [4.69, 9.17) is 0 Å². The highest BCUT2D eigenvalue weighted by atomic mass is 79.9. The standard InChI is InChI=1S/C6H5Br.C4H6N4/c7-6-4-2-1-3-5-6;1-4-7-6-3-8(4)5-2/h1-5H;3H,2H2,1H3. The lowest BCUT2D eigenvalue weighted by molar-refractivity contribution is 0.835. The van der Waals surface area contributed by atoms with Crippen molar-refractivity contribution in [2.45, 2.75) is 6.92 Å². The average Bonchev–Trinajstić information content (AvgIpc) is 2.66. The molecule has 0 aliphatic heterocycles. The maximum Gasteiger partial charge on any atom is 0.151 e. The molecule has 0 radical (unpaired) electrons. The molecule has 0 fully saturated rings. The predicted molar refractivity (Wildman–Crippen MR) is 63.8 cm³/mol. The molecule has 0 saturated carbocycles. The lowest BCUT2D eigenvalue weighted by Gasteiger charge is -1.86. The van der Waals surface area contributed by atoms with Crippen molar-refractivity contribution in [3.05, 3.63) is 47.0 Å². The van der Waals surface area contributed by atoms with Gasteiger partial charge in [0.15, 0.2) is 5.82 Å². The monoisotopic (exact) mass is 266 g/mol. The Morgan fingerprint density at radius 3 is 2.27 bits per heavy atom. The Bertz CT molecular complexity index is 410. The first kappa shape index (κ1) is 11.6. The van der Waals surface area contributed by atoms with E-state index in [-0.39, 0.29) is 0 Å². The molecule has 15 heavy (non-hydrogen) atoms. The van der Waals surface area contributed by atoms with Crippen LogP contribution in [0.1, 0.15) is 5.82 Å². The summed E-state index contributed by atoms with van der Waals surface area (Å²) < 4.78 is 2.63. The minimum Gasteiger partial charge on any atom is -0.205 e. The van der Waals surface area contributed by atoms with Gasteiger partial charge in [0.05, 0.1) is 0 Å². The number of nitrogens with zero attached hydrogens (tertiary/aromatic N) is 4. The Kier molecular flexibility index (Phi) is 4.70. The van der Waals surface area contributed by atoms with Crippen molar-refractivity contribution in [2.75, 3.05) is 0 Å². The predicted octanol–water partition coefficient (Wildman–Crippen LogP) is 2.50. The van der Waals surface area contributed by atoms with E-state index in [2.05, 4.69) is 37.9 Å². The van der Waals surface area contributed by atoms with E-state index in [0.29, 0.717) is 0 Å². The van der Waals surface area contributed by atoms with E-state index in [1.807, 2.05) is 37.3 Å². The highest BCUT2D eigenvalue weighted by molar-refractivity contribution is 9.10. The molecule has 0 N–H and O–H groups in total. The van der Waals surface area contributed by atoms with Crippen LogP contribution in [0.3, 0.4) is 0 Å². The third-order valence-electron chi connectivity index (χ3n) is 1.58. The fourth-order valence-electron chi connectivity index (χ4n) is 0.841. The highest BCUT2D eigenvalue weighted by Gasteiger charge is 1.89. The molecule has 0 saturated heterocycles. The third-order valence-corrected chi connectivity index (χ3v) is 2.11. The molecule has 78 valence electrons. The Morgan fingerprint density at radius 1 is 1.33 bits per heavy atom. The van der Waals surface area contributed by atoms with Crippen molar-refractivity contribution in [3.63, 3.8) is 0 Å². The van der Waals surface area contributed by atoms with Crippen LogP contribution in [0.25, 0.3) is 0 Å². The van der Waals surface area contributed by atoms with Gasteiger partial charge in [-0.3, -0.25) is 0 Å². The van der Waals surface area contributed by atoms with Crippen LogP contribution in [0.5, 0.6) is 0 Å². The molecule has 2 aromatic rings. The quantitative estimate of drug-likeness (QED) is 0.745. The summed E-state index contributed by atoms with van der Waals surface area (Å²) in [5.74, 6) is 0.750. The van der Waals surface area contributed by atoms with Gasteiger partial charge in [-0.1, -0.05) is 34.1 Å². The minimum absolute atomic E-state index is 0.750. The first-order chi connectivity index (χ1) is 7.24. The van der Waals surface area contributed by atoms with Crippen molar-refractivity contribution < 1.29 is 0 Å². The van der Waals surface area contributed by atoms with Gasteiger partial charge in [-0.2, -0.15) is 5.10 Å². The van der Waals surface area contributed by atoms with E-state index in [1.54, 1.807) is 0 Å². The van der Waals surface area contributed by atoms with Gasteiger partial charge in [-0.15, -0.1) is 10.2 Å². The van der Waals surface area contributed by atoms with Crippen LogP contribution in [0.2, 0.25) is 0 Å². The fourth-order valence-corrected chi connectivity index (χ4v) is 1.15. The number of hydrogen-bond acceptors (Lipinski definition) is 3. The lowest BCUT2D eigenvalue weighted by atomic mass is 10.4. The van der Waals surface area contributed by atoms with Crippen LogP contribution in [0, 0.1) is 6.92 Å². The van der Waals surface area contributed by atoms with Crippen molar-refractivity contribution in [1.82, 2.24) is 14.9 Å². The van der Waals surface area contributed by atoms with Crippen molar-refractivity contribution in [3.8, 4) is 0 Å². The highest BCUT2D eigenvalue weighted by Crippen LogP contribution is 2.05. The number of aryl methyl sites for hydroxylation is 1. The summed E-state index contributed by atoms with van der Waals surface area (Å²) in [6.45, 7) is 5.10. The molecule has 1 heterocycles. The van der Waals surface area contributed by atoms with Crippen LogP contribution < -0.4 is 0 Å². The van der Waals surface area contributed by atoms with Crippen molar-refractivity contribution in [2.24, 2.45) is 5.10 Å². The van der Waals surface area contributed by atoms with E-state index >= 15 is 0 Å². The molecule has 4 nitrogen and oxygen atoms in total. The SMILES string of the molecule is Brc1ccccc1.C=Nn1cnnc1C. The number of benzene rings is 1. The second-order valence-electron chi connectivity index (χ2n) is 2.66. The van der Waals surface area contributed by atoms with Gasteiger partial charge in [0.1, 0.15) is 6.33 Å². The van der Waals surface area contributed by atoms with Crippen molar-refractivity contribution in [1.29, 1.82) is 0 Å². The maximum atomic E-state index is 3.67. The lowest BCUT2D eigenvalue weighted by Crippen LogP contribution is -1.86. The van der Waals surface area contributed by atoms with Gasteiger partial charge in [-0.05, 0) is 19.1 Å². The summed E-state index contributed by atoms with van der Waals surface area (Å²) in [6.07, 6.45) is 1.50. The number of hydrogen-bond donors (Lipinski definition) is 0. The molecule has 2 rings (SSSR count). The Morgan fingerprint density at radius 2 is 2.00 bits per heavy atom. The van der Waals surface area contributed by atoms with E-state index in [0.717, 1.165) is 10.3 Å². The van der Waals surface area contributed by atoms with E-state index in [9.17, 15) is 0 Å². The van der Waals surface area contributed by atoms with Gasteiger partial charge in [0.25, 0.3) is 0 Å². The molecule has 1 aromatic heterocycles. The Labute approximate surface area is 96.8 Å². The minimum atomic E-state index is 0.750. The zero-order valence-corrected chi connectivity index (χ0v) is 9.92. The molecule has 1 aromatic carbocycles. The van der Waals surface area contributed by atoms with Crippen LogP contribution in [0.4, 0.5) is 0 Å². The van der Waals surface area contributed by atoms with Crippen LogP contribution >= 0.6 is 15.9 Å². The van der Waals surface area contributed by atoms with Gasteiger partial charge in [-0.25, -0.2) is 4.68 Å². The molecule has 0 amide bonds. The Balaban J connectivity index is 0.000000151. The van der Waals surface area contributed by atoms with Gasteiger partial charge in [0.2, 0.25) is 0 Å². The molecule has 0 bridgehead atoms. The largest absolute Gasteiger partial charge is 0.205 e. The molecule has 0 atom stereocenters. The van der Waals surface area contributed by atoms with Gasteiger partial charge in [0, 0.05) is 11.2 Å². The van der Waals surface area contributed by atoms with Gasteiger partial charge >= 0.3 is 0 Å². The fraction of sp³-hybridized carbons (Fsp3) is 0.100. The smallest absolute Gasteiger partial charge is 0.151 e. The zero-order chi connectivity index (χ0) is 11.1. The van der Waals surface area contributed by atoms with E-state index in [1.165, 1.54) is 11.0 Å². The van der Waals surface area contributed by atoms with Gasteiger partial charge < -0.3 is 0 Å². The van der Waals surface area contributed by atoms with E-state index < -0.39 is 0 Å². The number of halogens is 1. The Hall–Kier alpha value is -1.49. The van der Waals surface area contributed by atoms with Crippen LogP contribution in [-0.2, 0) is 0 Å². The molecular formula is C10H11BrN4. The topological polar surface area (TPSA) is 43.1 Å². The molecule has 0 aliphatic carbocycles. The zero-order valence-electron chi connectivity index (χ0n) is 8.34. The third kappa shape index (κ3) is 4.03. The summed E-state index contributed by atoms with van der Waals surface area (Å²) in [5, 5.41) is 10.8. The summed E-state index contributed by atoms with van der Waals surface area (Å²) in [5.41, 5.74) is 0. The van der Waals surface area contributed by atoms with Crippen LogP contribution in [0.15, 0.2) is 46.2 Å². The number of aromatic nitrogens is 3. The number of rotatable bonds is 1. The first-order valence-corrected chi connectivity index (χ1v) is 5.07. The summed E-state index contributed by atoms with van der Waals surface area (Å²) >= 11 is 3.31. The summed E-state index contributed by atoms with van der Waals surface area (Å²) in [6, 6.07) is 9.97.